The van der Waals surface area contributed by atoms with Gasteiger partial charge in [-0.2, -0.15) is 0 Å². The maximum atomic E-state index is 12.8. The van der Waals surface area contributed by atoms with E-state index in [2.05, 4.69) is 4.90 Å². The zero-order valence-corrected chi connectivity index (χ0v) is 16.9. The number of anilines is 1. The van der Waals surface area contributed by atoms with E-state index >= 15 is 0 Å². The van der Waals surface area contributed by atoms with Crippen molar-refractivity contribution in [2.75, 3.05) is 56.2 Å². The Morgan fingerprint density at radius 3 is 2.37 bits per heavy atom. The van der Waals surface area contributed by atoms with Gasteiger partial charge in [-0.05, 0) is 24.3 Å². The highest BCUT2D eigenvalue weighted by Crippen LogP contribution is 2.27. The van der Waals surface area contributed by atoms with Gasteiger partial charge in [-0.1, -0.05) is 11.6 Å². The number of hydrogen-bond donors (Lipinski definition) is 0. The number of piperazine rings is 1. The molecule has 1 atom stereocenters. The molecule has 148 valence electrons. The van der Waals surface area contributed by atoms with E-state index in [1.807, 2.05) is 0 Å². The molecule has 7 nitrogen and oxygen atoms in total. The predicted molar refractivity (Wildman–Crippen MR) is 105 cm³/mol. The number of halogens is 1. The Hall–Kier alpha value is -1.64. The maximum Gasteiger partial charge on any atom is 0.228 e. The quantitative estimate of drug-likeness (QED) is 0.716. The Morgan fingerprint density at radius 1 is 1.15 bits per heavy atom. The van der Waals surface area contributed by atoms with Gasteiger partial charge in [-0.3, -0.25) is 14.5 Å². The molecule has 0 bridgehead atoms. The fraction of sp³-hybridized carbons (Fsp3) is 0.556. The molecule has 1 aromatic carbocycles. The minimum Gasteiger partial charge on any atom is -0.340 e. The molecule has 0 saturated carbocycles. The lowest BCUT2D eigenvalue weighted by Crippen LogP contribution is -2.51. The fourth-order valence-corrected chi connectivity index (χ4v) is 4.20. The van der Waals surface area contributed by atoms with E-state index in [9.17, 15) is 18.0 Å². The molecular formula is C18H24ClN3O4S. The molecule has 3 rings (SSSR count). The summed E-state index contributed by atoms with van der Waals surface area (Å²) in [6.45, 7) is 3.31. The first-order valence-electron chi connectivity index (χ1n) is 8.98. The largest absolute Gasteiger partial charge is 0.340 e. The van der Waals surface area contributed by atoms with Crippen molar-refractivity contribution in [2.24, 2.45) is 5.92 Å². The summed E-state index contributed by atoms with van der Waals surface area (Å²) in [5.74, 6) is -0.255. The minimum absolute atomic E-state index is 0.00239. The smallest absolute Gasteiger partial charge is 0.228 e. The predicted octanol–water partition coefficient (Wildman–Crippen LogP) is 0.882. The van der Waals surface area contributed by atoms with Gasteiger partial charge in [0, 0.05) is 62.7 Å². The lowest BCUT2D eigenvalue weighted by atomic mass is 10.1. The highest BCUT2D eigenvalue weighted by atomic mass is 35.5. The topological polar surface area (TPSA) is 78.0 Å². The second-order valence-electron chi connectivity index (χ2n) is 7.18. The highest BCUT2D eigenvalue weighted by Gasteiger charge is 2.37. The molecule has 2 aliphatic rings. The van der Waals surface area contributed by atoms with Crippen LogP contribution in [0.5, 0.6) is 0 Å². The molecule has 27 heavy (non-hydrogen) atoms. The van der Waals surface area contributed by atoms with Crippen molar-refractivity contribution in [1.29, 1.82) is 0 Å². The zero-order chi connectivity index (χ0) is 19.6. The van der Waals surface area contributed by atoms with Crippen molar-refractivity contribution in [1.82, 2.24) is 9.80 Å². The van der Waals surface area contributed by atoms with Crippen LogP contribution in [0.2, 0.25) is 5.02 Å². The standard InChI is InChI=1S/C18H24ClN3O4S/c1-27(25,26)11-10-20-6-8-21(9-7-20)18(24)14-12-17(23)22(13-14)16-4-2-15(19)3-5-16/h2-5,14H,6-13H2,1H3. The van der Waals surface area contributed by atoms with Crippen LogP contribution in [-0.2, 0) is 19.4 Å². The molecule has 9 heteroatoms. The van der Waals surface area contributed by atoms with Gasteiger partial charge in [-0.25, -0.2) is 8.42 Å². The Kier molecular flexibility index (Phi) is 6.08. The van der Waals surface area contributed by atoms with Crippen molar-refractivity contribution < 1.29 is 18.0 Å². The first kappa shape index (κ1) is 20.1. The van der Waals surface area contributed by atoms with Crippen LogP contribution in [0.3, 0.4) is 0 Å². The van der Waals surface area contributed by atoms with Gasteiger partial charge < -0.3 is 9.80 Å². The van der Waals surface area contributed by atoms with Gasteiger partial charge in [0.15, 0.2) is 0 Å². The third-order valence-electron chi connectivity index (χ3n) is 5.07. The van der Waals surface area contributed by atoms with Crippen LogP contribution in [0.25, 0.3) is 0 Å². The summed E-state index contributed by atoms with van der Waals surface area (Å²) >= 11 is 5.89. The average molecular weight is 414 g/mol. The van der Waals surface area contributed by atoms with Crippen LogP contribution in [0.1, 0.15) is 6.42 Å². The van der Waals surface area contributed by atoms with Gasteiger partial charge in [0.1, 0.15) is 9.84 Å². The Bertz CT molecular complexity index is 804. The van der Waals surface area contributed by atoms with E-state index in [1.165, 1.54) is 6.26 Å². The summed E-state index contributed by atoms with van der Waals surface area (Å²) in [6.07, 6.45) is 1.45. The third-order valence-corrected chi connectivity index (χ3v) is 6.25. The van der Waals surface area contributed by atoms with Crippen LogP contribution in [0, 0.1) is 5.92 Å². The highest BCUT2D eigenvalue weighted by molar-refractivity contribution is 7.90. The molecule has 2 saturated heterocycles. The van der Waals surface area contributed by atoms with Crippen LogP contribution in [0.4, 0.5) is 5.69 Å². The average Bonchev–Trinajstić information content (AvgIpc) is 3.01. The summed E-state index contributed by atoms with van der Waals surface area (Å²) in [7, 11) is -2.98. The summed E-state index contributed by atoms with van der Waals surface area (Å²) in [4.78, 5) is 30.7. The monoisotopic (exact) mass is 413 g/mol. The molecule has 0 aliphatic carbocycles. The molecule has 2 fully saturated rings. The maximum absolute atomic E-state index is 12.8. The second kappa shape index (κ2) is 8.16. The summed E-state index contributed by atoms with van der Waals surface area (Å²) in [6, 6.07) is 7.03. The normalized spacial score (nSPS) is 21.7. The van der Waals surface area contributed by atoms with Gasteiger partial charge in [0.25, 0.3) is 0 Å². The van der Waals surface area contributed by atoms with Crippen LogP contribution in [-0.4, -0.2) is 81.3 Å². The zero-order valence-electron chi connectivity index (χ0n) is 15.3. The van der Waals surface area contributed by atoms with E-state index in [0.29, 0.717) is 44.3 Å². The summed E-state index contributed by atoms with van der Waals surface area (Å²) in [5, 5.41) is 0.603. The Labute approximate surface area is 164 Å². The lowest BCUT2D eigenvalue weighted by molar-refractivity contribution is -0.137. The van der Waals surface area contributed by atoms with Crippen LogP contribution < -0.4 is 4.90 Å². The lowest BCUT2D eigenvalue weighted by Gasteiger charge is -2.35. The van der Waals surface area contributed by atoms with Crippen molar-refractivity contribution in [3.63, 3.8) is 0 Å². The van der Waals surface area contributed by atoms with Crippen LogP contribution in [0.15, 0.2) is 24.3 Å². The molecule has 2 aliphatic heterocycles. The molecule has 1 unspecified atom stereocenters. The van der Waals surface area contributed by atoms with E-state index in [4.69, 9.17) is 11.6 Å². The van der Waals surface area contributed by atoms with E-state index < -0.39 is 9.84 Å². The van der Waals surface area contributed by atoms with Crippen molar-refractivity contribution in [3.05, 3.63) is 29.3 Å². The van der Waals surface area contributed by atoms with Gasteiger partial charge in [-0.15, -0.1) is 0 Å². The molecular weight excluding hydrogens is 390 g/mol. The van der Waals surface area contributed by atoms with Gasteiger partial charge in [0.2, 0.25) is 11.8 Å². The molecule has 0 N–H and O–H groups in total. The van der Waals surface area contributed by atoms with Gasteiger partial charge >= 0.3 is 0 Å². The molecule has 2 amide bonds. The number of nitrogens with zero attached hydrogens (tertiary/aromatic N) is 3. The number of benzene rings is 1. The van der Waals surface area contributed by atoms with Crippen LogP contribution >= 0.6 is 11.6 Å². The van der Waals surface area contributed by atoms with Gasteiger partial charge in [0.05, 0.1) is 11.7 Å². The molecule has 1 aromatic rings. The van der Waals surface area contributed by atoms with Crippen molar-refractivity contribution in [2.45, 2.75) is 6.42 Å². The number of carbonyl (C=O) groups excluding carboxylic acids is 2. The molecule has 0 aromatic heterocycles. The Balaban J connectivity index is 1.53. The summed E-state index contributed by atoms with van der Waals surface area (Å²) in [5.41, 5.74) is 0.755. The summed E-state index contributed by atoms with van der Waals surface area (Å²) < 4.78 is 22.6. The number of rotatable bonds is 5. The van der Waals surface area contributed by atoms with E-state index in [1.54, 1.807) is 34.1 Å². The van der Waals surface area contributed by atoms with E-state index in [-0.39, 0.29) is 29.9 Å². The fourth-order valence-electron chi connectivity index (χ4n) is 3.49. The number of sulfone groups is 1. The molecule has 0 spiro atoms. The number of hydrogen-bond acceptors (Lipinski definition) is 5. The second-order valence-corrected chi connectivity index (χ2v) is 9.87. The first-order chi connectivity index (χ1) is 12.7. The SMILES string of the molecule is CS(=O)(=O)CCN1CCN(C(=O)C2CC(=O)N(c3ccc(Cl)cc3)C2)CC1. The number of carbonyl (C=O) groups is 2. The Morgan fingerprint density at radius 2 is 1.78 bits per heavy atom. The molecule has 0 radical (unpaired) electrons. The molecule has 2 heterocycles. The van der Waals surface area contributed by atoms with Crippen molar-refractivity contribution >= 4 is 38.9 Å². The minimum atomic E-state index is -2.98. The van der Waals surface area contributed by atoms with Crippen molar-refractivity contribution in [3.8, 4) is 0 Å². The third kappa shape index (κ3) is 5.21. The number of amides is 2. The first-order valence-corrected chi connectivity index (χ1v) is 11.4. The van der Waals surface area contributed by atoms with E-state index in [0.717, 1.165) is 5.69 Å².